The van der Waals surface area contributed by atoms with Gasteiger partial charge in [-0.1, -0.05) is 13.0 Å². The van der Waals surface area contributed by atoms with E-state index in [-0.39, 0.29) is 18.0 Å². The Balaban J connectivity index is 1.73. The van der Waals surface area contributed by atoms with Gasteiger partial charge in [0.15, 0.2) is 0 Å². The number of allylic oxidation sites excluding steroid dienone is 1. The maximum Gasteiger partial charge on any atom is 0.319 e. The van der Waals surface area contributed by atoms with Gasteiger partial charge in [0.25, 0.3) is 5.91 Å². The number of carbonyl (C=O) groups excluding carboxylic acids is 2. The summed E-state index contributed by atoms with van der Waals surface area (Å²) in [6.07, 6.45) is 0.675. The van der Waals surface area contributed by atoms with E-state index >= 15 is 0 Å². The van der Waals surface area contributed by atoms with Crippen LogP contribution in [0.5, 0.6) is 0 Å². The zero-order valence-corrected chi connectivity index (χ0v) is 13.9. The van der Waals surface area contributed by atoms with Crippen LogP contribution in [0.3, 0.4) is 0 Å². The van der Waals surface area contributed by atoms with Gasteiger partial charge in [-0.2, -0.15) is 0 Å². The first-order valence-electron chi connectivity index (χ1n) is 7.61. The maximum absolute atomic E-state index is 12.5. The quantitative estimate of drug-likeness (QED) is 0.807. The third-order valence-electron chi connectivity index (χ3n) is 3.98. The predicted octanol–water partition coefficient (Wildman–Crippen LogP) is 2.88. The lowest BCUT2D eigenvalue weighted by Gasteiger charge is -2.27. The SMILES string of the molecule is CC[C@@H]1NC(=O)NC(C)=C1C(=O)NCc1ccc2sccc2c1. The highest BCUT2D eigenvalue weighted by Gasteiger charge is 2.28. The van der Waals surface area contributed by atoms with Crippen LogP contribution in [0.4, 0.5) is 4.79 Å². The van der Waals surface area contributed by atoms with Crippen molar-refractivity contribution in [3.05, 3.63) is 46.5 Å². The number of nitrogens with one attached hydrogen (secondary N) is 3. The van der Waals surface area contributed by atoms with Crippen LogP contribution in [0.25, 0.3) is 10.1 Å². The van der Waals surface area contributed by atoms with E-state index in [2.05, 4.69) is 39.5 Å². The van der Waals surface area contributed by atoms with Crippen molar-refractivity contribution in [1.29, 1.82) is 0 Å². The second kappa shape index (κ2) is 6.42. The van der Waals surface area contributed by atoms with Crippen molar-refractivity contribution in [2.75, 3.05) is 0 Å². The molecule has 0 spiro atoms. The van der Waals surface area contributed by atoms with Gasteiger partial charge in [0.1, 0.15) is 0 Å². The van der Waals surface area contributed by atoms with Crippen LogP contribution in [0, 0.1) is 0 Å². The van der Waals surface area contributed by atoms with Crippen molar-refractivity contribution in [1.82, 2.24) is 16.0 Å². The Morgan fingerprint density at radius 1 is 1.35 bits per heavy atom. The Hall–Kier alpha value is -2.34. The van der Waals surface area contributed by atoms with Crippen LogP contribution in [0.1, 0.15) is 25.8 Å². The molecule has 23 heavy (non-hydrogen) atoms. The lowest BCUT2D eigenvalue weighted by molar-refractivity contribution is -0.118. The summed E-state index contributed by atoms with van der Waals surface area (Å²) in [5.41, 5.74) is 2.28. The zero-order valence-electron chi connectivity index (χ0n) is 13.1. The monoisotopic (exact) mass is 329 g/mol. The van der Waals surface area contributed by atoms with Gasteiger partial charge in [-0.15, -0.1) is 11.3 Å². The normalized spacial score (nSPS) is 17.8. The molecule has 6 heteroatoms. The zero-order chi connectivity index (χ0) is 16.4. The fourth-order valence-corrected chi connectivity index (χ4v) is 3.57. The lowest BCUT2D eigenvalue weighted by atomic mass is 10.00. The largest absolute Gasteiger partial charge is 0.348 e. The molecule has 1 atom stereocenters. The van der Waals surface area contributed by atoms with Crippen LogP contribution in [0.2, 0.25) is 0 Å². The van der Waals surface area contributed by atoms with Gasteiger partial charge >= 0.3 is 6.03 Å². The molecule has 2 heterocycles. The van der Waals surface area contributed by atoms with Gasteiger partial charge in [-0.05, 0) is 47.9 Å². The van der Waals surface area contributed by atoms with E-state index < -0.39 is 0 Å². The molecule has 1 aliphatic heterocycles. The molecular formula is C17H19N3O2S. The maximum atomic E-state index is 12.5. The van der Waals surface area contributed by atoms with Crippen LogP contribution >= 0.6 is 11.3 Å². The Labute approximate surface area is 138 Å². The Morgan fingerprint density at radius 3 is 2.96 bits per heavy atom. The van der Waals surface area contributed by atoms with Gasteiger partial charge in [-0.3, -0.25) is 4.79 Å². The second-order valence-corrected chi connectivity index (χ2v) is 6.52. The van der Waals surface area contributed by atoms with E-state index in [1.807, 2.05) is 13.0 Å². The minimum atomic E-state index is -0.256. The third-order valence-corrected chi connectivity index (χ3v) is 4.88. The standard InChI is InChI=1S/C17H19N3O2S/c1-3-13-15(10(2)19-17(22)20-13)16(21)18-9-11-4-5-14-12(8-11)6-7-23-14/h4-8,13H,3,9H2,1-2H3,(H,18,21)(H2,19,20,22)/t13-/m0/s1. The van der Waals surface area contributed by atoms with E-state index in [1.54, 1.807) is 18.3 Å². The number of hydrogen-bond donors (Lipinski definition) is 3. The number of rotatable bonds is 4. The number of thiophene rings is 1. The van der Waals surface area contributed by atoms with Crippen LogP contribution in [-0.2, 0) is 11.3 Å². The third kappa shape index (κ3) is 3.22. The minimum absolute atomic E-state index is 0.146. The number of carbonyl (C=O) groups is 2. The highest BCUT2D eigenvalue weighted by molar-refractivity contribution is 7.17. The first-order chi connectivity index (χ1) is 11.1. The average molecular weight is 329 g/mol. The molecule has 0 radical (unpaired) electrons. The van der Waals surface area contributed by atoms with Crippen molar-refractivity contribution in [2.24, 2.45) is 0 Å². The molecule has 3 amide bonds. The molecule has 0 saturated carbocycles. The number of hydrogen-bond acceptors (Lipinski definition) is 3. The van der Waals surface area contributed by atoms with E-state index in [1.165, 1.54) is 10.1 Å². The van der Waals surface area contributed by atoms with Crippen molar-refractivity contribution in [2.45, 2.75) is 32.9 Å². The summed E-state index contributed by atoms with van der Waals surface area (Å²) in [7, 11) is 0. The topological polar surface area (TPSA) is 70.2 Å². The van der Waals surface area contributed by atoms with Crippen LogP contribution in [-0.4, -0.2) is 18.0 Å². The number of benzene rings is 1. The number of amides is 3. The summed E-state index contributed by atoms with van der Waals surface area (Å²) in [6, 6.07) is 7.76. The smallest absolute Gasteiger partial charge is 0.319 e. The predicted molar refractivity (Wildman–Crippen MR) is 92.1 cm³/mol. The second-order valence-electron chi connectivity index (χ2n) is 5.57. The summed E-state index contributed by atoms with van der Waals surface area (Å²) >= 11 is 1.70. The average Bonchev–Trinajstić information content (AvgIpc) is 2.99. The highest BCUT2D eigenvalue weighted by atomic mass is 32.1. The number of urea groups is 1. The van der Waals surface area contributed by atoms with Crippen molar-refractivity contribution >= 4 is 33.4 Å². The molecule has 0 saturated heterocycles. The Kier molecular flexibility index (Phi) is 4.34. The molecule has 3 rings (SSSR count). The molecule has 0 bridgehead atoms. The summed E-state index contributed by atoms with van der Waals surface area (Å²) in [5.74, 6) is -0.146. The fraction of sp³-hybridized carbons (Fsp3) is 0.294. The van der Waals surface area contributed by atoms with E-state index in [4.69, 9.17) is 0 Å². The van der Waals surface area contributed by atoms with Gasteiger partial charge in [-0.25, -0.2) is 4.79 Å². The molecule has 3 N–H and O–H groups in total. The van der Waals surface area contributed by atoms with E-state index in [0.29, 0.717) is 24.2 Å². The van der Waals surface area contributed by atoms with Crippen molar-refractivity contribution < 1.29 is 9.59 Å². The molecule has 0 fully saturated rings. The first kappa shape index (κ1) is 15.6. The van der Waals surface area contributed by atoms with Gasteiger partial charge in [0, 0.05) is 16.9 Å². The Bertz CT molecular complexity index is 794. The van der Waals surface area contributed by atoms with E-state index in [9.17, 15) is 9.59 Å². The van der Waals surface area contributed by atoms with Gasteiger partial charge < -0.3 is 16.0 Å². The summed E-state index contributed by atoms with van der Waals surface area (Å²) in [6.45, 7) is 4.17. The summed E-state index contributed by atoms with van der Waals surface area (Å²) in [4.78, 5) is 24.0. The first-order valence-corrected chi connectivity index (χ1v) is 8.49. The summed E-state index contributed by atoms with van der Waals surface area (Å²) < 4.78 is 1.24. The van der Waals surface area contributed by atoms with E-state index in [0.717, 1.165) is 5.56 Å². The molecule has 0 aliphatic carbocycles. The minimum Gasteiger partial charge on any atom is -0.348 e. The van der Waals surface area contributed by atoms with Crippen LogP contribution < -0.4 is 16.0 Å². The Morgan fingerprint density at radius 2 is 2.17 bits per heavy atom. The summed E-state index contributed by atoms with van der Waals surface area (Å²) in [5, 5.41) is 11.6. The molecule has 1 aromatic heterocycles. The van der Waals surface area contributed by atoms with Gasteiger partial charge in [0.05, 0.1) is 11.6 Å². The highest BCUT2D eigenvalue weighted by Crippen LogP contribution is 2.22. The molecule has 2 aromatic rings. The van der Waals surface area contributed by atoms with Crippen molar-refractivity contribution in [3.63, 3.8) is 0 Å². The molecule has 1 aliphatic rings. The van der Waals surface area contributed by atoms with Crippen LogP contribution in [0.15, 0.2) is 40.9 Å². The molecule has 0 unspecified atom stereocenters. The molecule has 120 valence electrons. The lowest BCUT2D eigenvalue weighted by Crippen LogP contribution is -2.51. The van der Waals surface area contributed by atoms with Crippen molar-refractivity contribution in [3.8, 4) is 0 Å². The van der Waals surface area contributed by atoms with Gasteiger partial charge in [0.2, 0.25) is 0 Å². The number of fused-ring (bicyclic) bond motifs is 1. The fourth-order valence-electron chi connectivity index (χ4n) is 2.80. The molecule has 1 aromatic carbocycles. The molecular weight excluding hydrogens is 310 g/mol. The molecule has 5 nitrogen and oxygen atoms in total.